The summed E-state index contributed by atoms with van der Waals surface area (Å²) >= 11 is 0. The fourth-order valence-electron chi connectivity index (χ4n) is 3.91. The van der Waals surface area contributed by atoms with Crippen LogP contribution in [0.5, 0.6) is 11.5 Å². The van der Waals surface area contributed by atoms with Crippen LogP contribution in [0.25, 0.3) is 0 Å². The first-order chi connectivity index (χ1) is 19.2. The van der Waals surface area contributed by atoms with Crippen molar-refractivity contribution in [3.8, 4) is 11.5 Å². The van der Waals surface area contributed by atoms with Gasteiger partial charge in [-0.15, -0.1) is 0 Å². The van der Waals surface area contributed by atoms with Crippen LogP contribution in [0.15, 0.2) is 18.2 Å². The van der Waals surface area contributed by atoms with Gasteiger partial charge in [-0.1, -0.05) is 65.4 Å². The lowest BCUT2D eigenvalue weighted by Crippen LogP contribution is -2.51. The van der Waals surface area contributed by atoms with Crippen LogP contribution in [0.1, 0.15) is 103 Å². The number of benzene rings is 1. The molecule has 0 saturated carbocycles. The van der Waals surface area contributed by atoms with E-state index in [1.807, 2.05) is 20.8 Å². The molecule has 0 radical (unpaired) electrons. The molecule has 0 amide bonds. The fourth-order valence-corrected chi connectivity index (χ4v) is 3.91. The van der Waals surface area contributed by atoms with E-state index in [9.17, 15) is 19.2 Å². The maximum absolute atomic E-state index is 12.6. The SMILES string of the molecule is CCCCCOC(=O)OCC[C@@](N)(Cc1ccc(OC(=O)CCCCC)c(OC(=O)CCCCC)c1)C(=O)OC. The lowest BCUT2D eigenvalue weighted by atomic mass is 9.88. The Bertz CT molecular complexity index is 934. The molecule has 226 valence electrons. The number of hydrogen-bond acceptors (Lipinski definition) is 10. The number of methoxy groups -OCH3 is 1. The second-order valence-electron chi connectivity index (χ2n) is 9.87. The summed E-state index contributed by atoms with van der Waals surface area (Å²) < 4.78 is 26.1. The Kier molecular flexibility index (Phi) is 17.3. The van der Waals surface area contributed by atoms with Crippen molar-refractivity contribution < 1.29 is 42.9 Å². The van der Waals surface area contributed by atoms with Gasteiger partial charge in [0, 0.05) is 25.7 Å². The largest absolute Gasteiger partial charge is 0.508 e. The van der Waals surface area contributed by atoms with Crippen LogP contribution in [0.3, 0.4) is 0 Å². The molecule has 40 heavy (non-hydrogen) atoms. The highest BCUT2D eigenvalue weighted by Crippen LogP contribution is 2.31. The summed E-state index contributed by atoms with van der Waals surface area (Å²) in [5, 5.41) is 0. The number of unbranched alkanes of at least 4 members (excludes halogenated alkanes) is 6. The average Bonchev–Trinajstić information content (AvgIpc) is 2.92. The predicted molar refractivity (Wildman–Crippen MR) is 150 cm³/mol. The van der Waals surface area contributed by atoms with Crippen molar-refractivity contribution in [2.45, 2.75) is 110 Å². The Hall–Kier alpha value is -3.14. The number of nitrogens with two attached hydrogens (primary N) is 1. The molecule has 0 spiro atoms. The zero-order valence-electron chi connectivity index (χ0n) is 24.6. The molecule has 10 nitrogen and oxygen atoms in total. The third kappa shape index (κ3) is 13.8. The first-order valence-electron chi connectivity index (χ1n) is 14.4. The summed E-state index contributed by atoms with van der Waals surface area (Å²) in [7, 11) is 1.22. The second-order valence-corrected chi connectivity index (χ2v) is 9.87. The molecule has 0 unspecified atom stereocenters. The lowest BCUT2D eigenvalue weighted by Gasteiger charge is -2.26. The van der Waals surface area contributed by atoms with Crippen molar-refractivity contribution in [3.05, 3.63) is 23.8 Å². The van der Waals surface area contributed by atoms with Crippen molar-refractivity contribution >= 4 is 24.1 Å². The third-order valence-corrected chi connectivity index (χ3v) is 6.27. The van der Waals surface area contributed by atoms with Crippen LogP contribution >= 0.6 is 0 Å². The molecule has 0 heterocycles. The van der Waals surface area contributed by atoms with Gasteiger partial charge in [-0.05, 0) is 37.0 Å². The summed E-state index contributed by atoms with van der Waals surface area (Å²) in [5.41, 5.74) is 5.42. The van der Waals surface area contributed by atoms with E-state index >= 15 is 0 Å². The van der Waals surface area contributed by atoms with Crippen LogP contribution in [-0.2, 0) is 35.0 Å². The summed E-state index contributed by atoms with van der Waals surface area (Å²) in [6, 6.07) is 4.68. The maximum atomic E-state index is 12.6. The Labute approximate surface area is 238 Å². The smallest absolute Gasteiger partial charge is 0.468 e. The van der Waals surface area contributed by atoms with E-state index in [2.05, 4.69) is 0 Å². The monoisotopic (exact) mass is 565 g/mol. The highest BCUT2D eigenvalue weighted by atomic mass is 16.7. The number of ether oxygens (including phenoxy) is 5. The van der Waals surface area contributed by atoms with Gasteiger partial charge >= 0.3 is 24.1 Å². The van der Waals surface area contributed by atoms with Gasteiger partial charge in [-0.25, -0.2) is 4.79 Å². The third-order valence-electron chi connectivity index (χ3n) is 6.27. The molecule has 0 aliphatic rings. The molecule has 0 saturated heterocycles. The molecule has 10 heteroatoms. The van der Waals surface area contributed by atoms with Gasteiger partial charge in [-0.3, -0.25) is 14.4 Å². The molecule has 1 aromatic carbocycles. The molecule has 0 bridgehead atoms. The lowest BCUT2D eigenvalue weighted by molar-refractivity contribution is -0.147. The van der Waals surface area contributed by atoms with Crippen LogP contribution in [0.4, 0.5) is 4.79 Å². The number of carbonyl (C=O) groups excluding carboxylic acids is 4. The van der Waals surface area contributed by atoms with Gasteiger partial charge in [0.1, 0.15) is 5.54 Å². The summed E-state index contributed by atoms with van der Waals surface area (Å²) in [6.45, 7) is 6.21. The van der Waals surface area contributed by atoms with E-state index in [1.54, 1.807) is 6.07 Å². The number of carbonyl (C=O) groups is 4. The topological polar surface area (TPSA) is 140 Å². The zero-order valence-corrected chi connectivity index (χ0v) is 24.6. The number of esters is 3. The molecule has 1 aromatic rings. The Morgan fingerprint density at radius 1 is 0.750 bits per heavy atom. The van der Waals surface area contributed by atoms with Crippen LogP contribution < -0.4 is 15.2 Å². The van der Waals surface area contributed by atoms with Gasteiger partial charge in [-0.2, -0.15) is 0 Å². The molecular formula is C30H47NO9. The first kappa shape index (κ1) is 34.9. The standard InChI is InChI=1S/C30H47NO9/c1-5-8-11-14-26(32)39-24-17-16-23(21-25(24)40-27(33)15-12-9-6-2)22-30(31,28(34)36-4)18-20-38-29(35)37-19-13-10-7-3/h16-17,21H,5-15,18-20,22,31H2,1-4H3/t30-/m1/s1. The van der Waals surface area contributed by atoms with Crippen molar-refractivity contribution in [2.75, 3.05) is 20.3 Å². The van der Waals surface area contributed by atoms with Crippen molar-refractivity contribution in [1.82, 2.24) is 0 Å². The van der Waals surface area contributed by atoms with Crippen LogP contribution in [0.2, 0.25) is 0 Å². The molecule has 1 atom stereocenters. The molecule has 2 N–H and O–H groups in total. The number of rotatable bonds is 20. The van der Waals surface area contributed by atoms with Crippen LogP contribution in [0, 0.1) is 0 Å². The minimum Gasteiger partial charge on any atom is -0.468 e. The molecular weight excluding hydrogens is 518 g/mol. The normalized spacial score (nSPS) is 12.2. The van der Waals surface area contributed by atoms with Gasteiger partial charge in [0.2, 0.25) is 0 Å². The van der Waals surface area contributed by atoms with Crippen molar-refractivity contribution in [2.24, 2.45) is 5.73 Å². The highest BCUT2D eigenvalue weighted by molar-refractivity contribution is 5.81. The van der Waals surface area contributed by atoms with Gasteiger partial charge in [0.25, 0.3) is 0 Å². The Morgan fingerprint density at radius 2 is 1.30 bits per heavy atom. The number of hydrogen-bond donors (Lipinski definition) is 1. The average molecular weight is 566 g/mol. The van der Waals surface area contributed by atoms with E-state index in [1.165, 1.54) is 19.2 Å². The quantitative estimate of drug-likeness (QED) is 0.117. The molecule has 0 aliphatic carbocycles. The van der Waals surface area contributed by atoms with Gasteiger partial charge in [0.15, 0.2) is 11.5 Å². The maximum Gasteiger partial charge on any atom is 0.508 e. The predicted octanol–water partition coefficient (Wildman–Crippen LogP) is 5.80. The molecule has 0 aliphatic heterocycles. The summed E-state index contributed by atoms with van der Waals surface area (Å²) in [6.07, 6.45) is 7.34. The minimum absolute atomic E-state index is 0.0142. The van der Waals surface area contributed by atoms with E-state index in [0.29, 0.717) is 18.4 Å². The Morgan fingerprint density at radius 3 is 1.88 bits per heavy atom. The Balaban J connectivity index is 3.02. The summed E-state index contributed by atoms with van der Waals surface area (Å²) in [4.78, 5) is 49.3. The van der Waals surface area contributed by atoms with E-state index < -0.39 is 29.6 Å². The van der Waals surface area contributed by atoms with E-state index in [-0.39, 0.29) is 50.4 Å². The fraction of sp³-hybridized carbons (Fsp3) is 0.667. The first-order valence-corrected chi connectivity index (χ1v) is 14.4. The van der Waals surface area contributed by atoms with Crippen molar-refractivity contribution in [3.63, 3.8) is 0 Å². The van der Waals surface area contributed by atoms with Crippen LogP contribution in [-0.4, -0.2) is 49.9 Å². The minimum atomic E-state index is -1.54. The van der Waals surface area contributed by atoms with Gasteiger partial charge < -0.3 is 29.4 Å². The highest BCUT2D eigenvalue weighted by Gasteiger charge is 2.36. The molecule has 0 fully saturated rings. The van der Waals surface area contributed by atoms with Crippen molar-refractivity contribution in [1.29, 1.82) is 0 Å². The molecule has 0 aromatic heterocycles. The zero-order chi connectivity index (χ0) is 29.8. The second kappa shape index (κ2) is 19.8. The van der Waals surface area contributed by atoms with E-state index in [4.69, 9.17) is 29.4 Å². The van der Waals surface area contributed by atoms with E-state index in [0.717, 1.165) is 44.9 Å². The summed E-state index contributed by atoms with van der Waals surface area (Å²) in [5.74, 6) is -1.39. The van der Waals surface area contributed by atoms with Gasteiger partial charge in [0.05, 0.1) is 20.3 Å². The molecule has 1 rings (SSSR count).